The smallest absolute Gasteiger partial charge is 0.256 e. The lowest BCUT2D eigenvalue weighted by Crippen LogP contribution is -2.04. The highest BCUT2D eigenvalue weighted by Crippen LogP contribution is 2.36. The molecule has 1 heterocycles. The van der Waals surface area contributed by atoms with Crippen molar-refractivity contribution in [2.45, 2.75) is 13.5 Å². The number of rotatable bonds is 6. The molecule has 0 atom stereocenters. The van der Waals surface area contributed by atoms with Crippen molar-refractivity contribution in [3.8, 4) is 11.5 Å². The van der Waals surface area contributed by atoms with Gasteiger partial charge in [0.25, 0.3) is 5.91 Å². The lowest BCUT2D eigenvalue weighted by atomic mass is 10.0. The molecular weight excluding hydrogens is 440 g/mol. The fourth-order valence-electron chi connectivity index (χ4n) is 3.30. The first-order valence-electron chi connectivity index (χ1n) is 9.61. The van der Waals surface area contributed by atoms with Crippen LogP contribution in [0.15, 0.2) is 54.6 Å². The van der Waals surface area contributed by atoms with Crippen molar-refractivity contribution in [1.29, 1.82) is 0 Å². The van der Waals surface area contributed by atoms with Gasteiger partial charge in [0, 0.05) is 21.7 Å². The molecule has 1 amide bonds. The largest absolute Gasteiger partial charge is 0.490 e. The third-order valence-corrected chi connectivity index (χ3v) is 5.37. The molecule has 1 aliphatic rings. The van der Waals surface area contributed by atoms with E-state index in [9.17, 15) is 9.18 Å². The number of hydrogen-bond donors (Lipinski definition) is 1. The summed E-state index contributed by atoms with van der Waals surface area (Å²) in [7, 11) is 0. The van der Waals surface area contributed by atoms with Crippen LogP contribution in [-0.4, -0.2) is 12.5 Å². The molecular formula is C24H18Cl2FNO3. The van der Waals surface area contributed by atoms with E-state index in [1.165, 1.54) is 6.07 Å². The summed E-state index contributed by atoms with van der Waals surface area (Å²) in [5.41, 5.74) is 3.02. The number of carbonyl (C=O) groups is 1. The van der Waals surface area contributed by atoms with E-state index in [-0.39, 0.29) is 18.1 Å². The van der Waals surface area contributed by atoms with Crippen molar-refractivity contribution < 1.29 is 18.7 Å². The quantitative estimate of drug-likeness (QED) is 0.424. The molecule has 4 rings (SSSR count). The predicted octanol–water partition coefficient (Wildman–Crippen LogP) is 6.60. The zero-order valence-corrected chi connectivity index (χ0v) is 18.1. The van der Waals surface area contributed by atoms with Crippen LogP contribution < -0.4 is 14.8 Å². The number of halogens is 3. The molecule has 0 aliphatic carbocycles. The van der Waals surface area contributed by atoms with Gasteiger partial charge < -0.3 is 14.8 Å². The van der Waals surface area contributed by atoms with Gasteiger partial charge in [-0.05, 0) is 55.0 Å². The minimum absolute atomic E-state index is 0.0391. The first-order chi connectivity index (χ1) is 15.0. The van der Waals surface area contributed by atoms with E-state index in [4.69, 9.17) is 32.7 Å². The van der Waals surface area contributed by atoms with E-state index >= 15 is 0 Å². The molecule has 0 saturated carbocycles. The van der Waals surface area contributed by atoms with E-state index in [2.05, 4.69) is 5.32 Å². The molecule has 31 heavy (non-hydrogen) atoms. The van der Waals surface area contributed by atoms with Crippen molar-refractivity contribution in [3.63, 3.8) is 0 Å². The summed E-state index contributed by atoms with van der Waals surface area (Å²) in [4.78, 5) is 12.4. The van der Waals surface area contributed by atoms with Gasteiger partial charge in [-0.2, -0.15) is 0 Å². The van der Waals surface area contributed by atoms with Gasteiger partial charge in [-0.15, -0.1) is 0 Å². The minimum Gasteiger partial charge on any atom is -0.490 e. The monoisotopic (exact) mass is 457 g/mol. The van der Waals surface area contributed by atoms with Gasteiger partial charge in [-0.1, -0.05) is 41.4 Å². The molecule has 0 unspecified atom stereocenters. The van der Waals surface area contributed by atoms with Crippen LogP contribution in [0.1, 0.15) is 23.6 Å². The Morgan fingerprint density at radius 1 is 1.03 bits per heavy atom. The van der Waals surface area contributed by atoms with Gasteiger partial charge in [0.15, 0.2) is 11.5 Å². The van der Waals surface area contributed by atoms with Gasteiger partial charge in [-0.25, -0.2) is 4.39 Å². The van der Waals surface area contributed by atoms with E-state index in [1.54, 1.807) is 54.6 Å². The highest BCUT2D eigenvalue weighted by molar-refractivity contribution is 6.36. The Morgan fingerprint density at radius 2 is 1.87 bits per heavy atom. The Morgan fingerprint density at radius 3 is 2.65 bits per heavy atom. The van der Waals surface area contributed by atoms with Crippen molar-refractivity contribution in [3.05, 3.63) is 87.2 Å². The number of ether oxygens (including phenoxy) is 2. The summed E-state index contributed by atoms with van der Waals surface area (Å²) in [6.07, 6.45) is 1.77. The predicted molar refractivity (Wildman–Crippen MR) is 121 cm³/mol. The molecule has 0 spiro atoms. The first kappa shape index (κ1) is 21.2. The molecule has 0 bridgehead atoms. The van der Waals surface area contributed by atoms with Crippen LogP contribution in [0.25, 0.3) is 11.6 Å². The topological polar surface area (TPSA) is 47.6 Å². The lowest BCUT2D eigenvalue weighted by molar-refractivity contribution is -0.110. The molecule has 0 radical (unpaired) electrons. The van der Waals surface area contributed by atoms with Crippen LogP contribution in [0.5, 0.6) is 11.5 Å². The van der Waals surface area contributed by atoms with Crippen molar-refractivity contribution in [1.82, 2.24) is 0 Å². The lowest BCUT2D eigenvalue weighted by Gasteiger charge is -2.14. The summed E-state index contributed by atoms with van der Waals surface area (Å²) in [5.74, 6) is 0.299. The molecule has 158 valence electrons. The molecule has 0 saturated heterocycles. The molecule has 1 aliphatic heterocycles. The molecule has 1 N–H and O–H groups in total. The van der Waals surface area contributed by atoms with Gasteiger partial charge >= 0.3 is 0 Å². The number of hydrogen-bond acceptors (Lipinski definition) is 3. The Hall–Kier alpha value is -3.02. The van der Waals surface area contributed by atoms with E-state index in [1.807, 2.05) is 6.92 Å². The molecule has 3 aromatic rings. The minimum atomic E-state index is -0.433. The second kappa shape index (κ2) is 9.00. The third-order valence-electron chi connectivity index (χ3n) is 4.78. The van der Waals surface area contributed by atoms with Crippen LogP contribution in [0.4, 0.5) is 10.1 Å². The average Bonchev–Trinajstić information content (AvgIpc) is 3.03. The zero-order chi connectivity index (χ0) is 22.0. The Labute approximate surface area is 189 Å². The third kappa shape index (κ3) is 4.53. The number of nitrogens with one attached hydrogen (secondary N) is 1. The summed E-state index contributed by atoms with van der Waals surface area (Å²) < 4.78 is 25.5. The summed E-state index contributed by atoms with van der Waals surface area (Å²) >= 11 is 12.1. The van der Waals surface area contributed by atoms with Crippen molar-refractivity contribution in [2.24, 2.45) is 0 Å². The normalized spacial score (nSPS) is 13.8. The SMILES string of the molecule is CCOc1cc(/C=C2/C(=O)Nc3cc(Cl)ccc32)ccc1OCc1c(F)cccc1Cl. The van der Waals surface area contributed by atoms with E-state index in [0.717, 1.165) is 11.1 Å². The van der Waals surface area contributed by atoms with E-state index < -0.39 is 5.82 Å². The van der Waals surface area contributed by atoms with Crippen LogP contribution in [-0.2, 0) is 11.4 Å². The molecule has 4 nitrogen and oxygen atoms in total. The first-order valence-corrected chi connectivity index (χ1v) is 10.4. The van der Waals surface area contributed by atoms with Gasteiger partial charge in [0.2, 0.25) is 0 Å². The molecule has 0 aromatic heterocycles. The van der Waals surface area contributed by atoms with E-state index in [0.29, 0.717) is 39.4 Å². The maximum Gasteiger partial charge on any atom is 0.256 e. The van der Waals surface area contributed by atoms with Crippen LogP contribution in [0.3, 0.4) is 0 Å². The molecule has 0 fully saturated rings. The maximum absolute atomic E-state index is 14.0. The number of amides is 1. The number of carbonyl (C=O) groups excluding carboxylic acids is 1. The van der Waals surface area contributed by atoms with Gasteiger partial charge in [-0.3, -0.25) is 4.79 Å². The van der Waals surface area contributed by atoms with Crippen molar-refractivity contribution in [2.75, 3.05) is 11.9 Å². The van der Waals surface area contributed by atoms with Crippen LogP contribution >= 0.6 is 23.2 Å². The number of fused-ring (bicyclic) bond motifs is 1. The standard InChI is InChI=1S/C24H18Cl2FNO3/c1-2-30-23-11-14(10-17-16-8-7-15(25)12-21(16)28-24(17)29)6-9-22(23)31-13-18-19(26)4-3-5-20(18)27/h3-12H,2,13H2,1H3,(H,28,29)/b17-10+. The highest BCUT2D eigenvalue weighted by atomic mass is 35.5. The molecule has 3 aromatic carbocycles. The maximum atomic E-state index is 14.0. The Balaban J connectivity index is 1.62. The van der Waals surface area contributed by atoms with Gasteiger partial charge in [0.1, 0.15) is 12.4 Å². The summed E-state index contributed by atoms with van der Waals surface area (Å²) in [5, 5.41) is 3.66. The average molecular weight is 458 g/mol. The number of anilines is 1. The fourth-order valence-corrected chi connectivity index (χ4v) is 3.69. The Kier molecular flexibility index (Phi) is 6.16. The summed E-state index contributed by atoms with van der Waals surface area (Å²) in [6.45, 7) is 2.23. The molecule has 7 heteroatoms. The van der Waals surface area contributed by atoms with Gasteiger partial charge in [0.05, 0.1) is 17.3 Å². The van der Waals surface area contributed by atoms with Crippen LogP contribution in [0.2, 0.25) is 10.0 Å². The van der Waals surface area contributed by atoms with Crippen molar-refractivity contribution >= 4 is 46.4 Å². The second-order valence-electron chi connectivity index (χ2n) is 6.83. The second-order valence-corrected chi connectivity index (χ2v) is 7.67. The van der Waals surface area contributed by atoms with Crippen LogP contribution in [0, 0.1) is 5.82 Å². The fraction of sp³-hybridized carbons (Fsp3) is 0.125. The highest BCUT2D eigenvalue weighted by Gasteiger charge is 2.24. The number of benzene rings is 3. The summed E-state index contributed by atoms with van der Waals surface area (Å²) in [6, 6.07) is 15.0. The Bertz CT molecular complexity index is 1170. The zero-order valence-electron chi connectivity index (χ0n) is 16.5.